The minimum absolute atomic E-state index is 0.162. The Kier molecular flexibility index (Phi) is 3.33. The number of benzene rings is 2. The van der Waals surface area contributed by atoms with E-state index in [4.69, 9.17) is 11.6 Å². The predicted molar refractivity (Wildman–Crippen MR) is 80.2 cm³/mol. The van der Waals surface area contributed by atoms with Crippen LogP contribution in [0.2, 0.25) is 5.02 Å². The molecule has 1 heterocycles. The van der Waals surface area contributed by atoms with Crippen LogP contribution in [0.25, 0.3) is 10.9 Å². The van der Waals surface area contributed by atoms with Crippen LogP contribution in [0.4, 0.5) is 4.39 Å². The molecule has 0 aliphatic heterocycles. The average molecular weight is 339 g/mol. The van der Waals surface area contributed by atoms with E-state index >= 15 is 0 Å². The Bertz CT molecular complexity index is 751. The molecule has 3 aromatic rings. The fourth-order valence-corrected chi connectivity index (χ4v) is 2.86. The summed E-state index contributed by atoms with van der Waals surface area (Å²) in [4.78, 5) is 0. The summed E-state index contributed by atoms with van der Waals surface area (Å²) in [7, 11) is 0. The van der Waals surface area contributed by atoms with Gasteiger partial charge >= 0.3 is 0 Å². The molecule has 0 unspecified atom stereocenters. The summed E-state index contributed by atoms with van der Waals surface area (Å²) in [5.41, 5.74) is 1.65. The maximum Gasteiger partial charge on any atom is 0.146 e. The van der Waals surface area contributed by atoms with Gasteiger partial charge in [-0.3, -0.25) is 0 Å². The molecular formula is C15H10BrClFN. The minimum Gasteiger partial charge on any atom is -0.343 e. The number of nitrogens with zero attached hydrogens (tertiary/aromatic N) is 1. The quantitative estimate of drug-likeness (QED) is 0.602. The Morgan fingerprint density at radius 1 is 1.11 bits per heavy atom. The van der Waals surface area contributed by atoms with E-state index in [1.54, 1.807) is 18.2 Å². The van der Waals surface area contributed by atoms with Crippen LogP contribution in [-0.4, -0.2) is 4.57 Å². The van der Waals surface area contributed by atoms with Crippen molar-refractivity contribution in [2.45, 2.75) is 6.54 Å². The first kappa shape index (κ1) is 12.7. The molecule has 19 heavy (non-hydrogen) atoms. The fourth-order valence-electron chi connectivity index (χ4n) is 2.18. The minimum atomic E-state index is -0.346. The van der Waals surface area contributed by atoms with Crippen LogP contribution in [0, 0.1) is 5.82 Å². The zero-order valence-corrected chi connectivity index (χ0v) is 12.2. The average Bonchev–Trinajstić information content (AvgIpc) is 2.80. The first-order valence-electron chi connectivity index (χ1n) is 5.83. The molecule has 3 rings (SSSR count). The number of hydrogen-bond acceptors (Lipinski definition) is 0. The molecule has 0 bridgehead atoms. The zero-order chi connectivity index (χ0) is 13.4. The SMILES string of the molecule is Fc1c(Cl)cccc1Cn1ccc2c(Br)cccc21. The third-order valence-corrected chi connectivity index (χ3v) is 4.12. The van der Waals surface area contributed by atoms with Gasteiger partial charge in [0.25, 0.3) is 0 Å². The van der Waals surface area contributed by atoms with Crippen molar-refractivity contribution in [2.24, 2.45) is 0 Å². The van der Waals surface area contributed by atoms with E-state index in [9.17, 15) is 4.39 Å². The summed E-state index contributed by atoms with van der Waals surface area (Å²) in [5.74, 6) is -0.346. The van der Waals surface area contributed by atoms with Crippen molar-refractivity contribution >= 4 is 38.4 Å². The molecule has 1 aromatic heterocycles. The molecule has 2 aromatic carbocycles. The van der Waals surface area contributed by atoms with E-state index in [0.717, 1.165) is 15.4 Å². The Morgan fingerprint density at radius 3 is 2.74 bits per heavy atom. The largest absolute Gasteiger partial charge is 0.343 e. The second-order valence-electron chi connectivity index (χ2n) is 4.33. The summed E-state index contributed by atoms with van der Waals surface area (Å²) < 4.78 is 17.0. The number of hydrogen-bond donors (Lipinski definition) is 0. The van der Waals surface area contributed by atoms with Crippen LogP contribution in [0.3, 0.4) is 0 Å². The van der Waals surface area contributed by atoms with Crippen molar-refractivity contribution in [3.05, 3.63) is 69.5 Å². The molecule has 0 aliphatic carbocycles. The van der Waals surface area contributed by atoms with Crippen LogP contribution in [-0.2, 0) is 6.54 Å². The lowest BCUT2D eigenvalue weighted by Crippen LogP contribution is -2.00. The van der Waals surface area contributed by atoms with Crippen molar-refractivity contribution < 1.29 is 4.39 Å². The topological polar surface area (TPSA) is 4.93 Å². The molecule has 0 radical (unpaired) electrons. The third kappa shape index (κ3) is 2.28. The number of fused-ring (bicyclic) bond motifs is 1. The van der Waals surface area contributed by atoms with Gasteiger partial charge in [-0.2, -0.15) is 0 Å². The van der Waals surface area contributed by atoms with Crippen molar-refractivity contribution in [1.82, 2.24) is 4.57 Å². The van der Waals surface area contributed by atoms with Crippen molar-refractivity contribution in [3.8, 4) is 0 Å². The van der Waals surface area contributed by atoms with E-state index in [1.807, 2.05) is 35.0 Å². The van der Waals surface area contributed by atoms with Gasteiger partial charge in [0.15, 0.2) is 0 Å². The first-order valence-corrected chi connectivity index (χ1v) is 7.00. The molecule has 96 valence electrons. The predicted octanol–water partition coefficient (Wildman–Crippen LogP) is 5.24. The fraction of sp³-hybridized carbons (Fsp3) is 0.0667. The number of halogens is 3. The molecule has 0 saturated carbocycles. The Morgan fingerprint density at radius 2 is 1.89 bits per heavy atom. The summed E-state index contributed by atoms with van der Waals surface area (Å²) in [5, 5.41) is 1.28. The van der Waals surface area contributed by atoms with Gasteiger partial charge < -0.3 is 4.57 Å². The maximum absolute atomic E-state index is 13.9. The summed E-state index contributed by atoms with van der Waals surface area (Å²) in [6.45, 7) is 0.465. The van der Waals surface area contributed by atoms with Gasteiger partial charge in [-0.1, -0.05) is 45.7 Å². The molecule has 4 heteroatoms. The lowest BCUT2D eigenvalue weighted by atomic mass is 10.2. The van der Waals surface area contributed by atoms with Gasteiger partial charge in [0.05, 0.1) is 11.6 Å². The van der Waals surface area contributed by atoms with Crippen molar-refractivity contribution in [2.75, 3.05) is 0 Å². The second kappa shape index (κ2) is 4.99. The summed E-state index contributed by atoms with van der Waals surface area (Å²) in [6, 6.07) is 13.1. The van der Waals surface area contributed by atoms with Gasteiger partial charge in [-0.15, -0.1) is 0 Å². The van der Waals surface area contributed by atoms with E-state index in [2.05, 4.69) is 15.9 Å². The summed E-state index contributed by atoms with van der Waals surface area (Å²) in [6.07, 6.45) is 1.95. The second-order valence-corrected chi connectivity index (χ2v) is 5.59. The molecule has 0 aliphatic rings. The van der Waals surface area contributed by atoms with Crippen LogP contribution < -0.4 is 0 Å². The van der Waals surface area contributed by atoms with E-state index < -0.39 is 0 Å². The smallest absolute Gasteiger partial charge is 0.146 e. The van der Waals surface area contributed by atoms with Crippen LogP contribution in [0.15, 0.2) is 53.1 Å². The highest BCUT2D eigenvalue weighted by atomic mass is 79.9. The van der Waals surface area contributed by atoms with Crippen molar-refractivity contribution in [3.63, 3.8) is 0 Å². The van der Waals surface area contributed by atoms with Gasteiger partial charge in [0.1, 0.15) is 5.82 Å². The molecule has 0 amide bonds. The Labute approximate surface area is 123 Å². The lowest BCUT2D eigenvalue weighted by molar-refractivity contribution is 0.602. The molecule has 0 fully saturated rings. The zero-order valence-electron chi connectivity index (χ0n) is 9.91. The van der Waals surface area contributed by atoms with Crippen LogP contribution in [0.1, 0.15) is 5.56 Å². The van der Waals surface area contributed by atoms with Gasteiger partial charge in [0.2, 0.25) is 0 Å². The third-order valence-electron chi connectivity index (χ3n) is 3.13. The highest BCUT2D eigenvalue weighted by Crippen LogP contribution is 2.26. The summed E-state index contributed by atoms with van der Waals surface area (Å²) >= 11 is 9.32. The Balaban J connectivity index is 2.07. The van der Waals surface area contributed by atoms with Gasteiger partial charge in [-0.25, -0.2) is 4.39 Å². The first-order chi connectivity index (χ1) is 9.16. The van der Waals surface area contributed by atoms with Crippen LogP contribution in [0.5, 0.6) is 0 Å². The molecule has 0 N–H and O–H groups in total. The molecule has 0 saturated heterocycles. The standard InChI is InChI=1S/C15H10BrClFN/c16-12-4-2-6-14-11(12)7-8-19(14)9-10-3-1-5-13(17)15(10)18/h1-8H,9H2. The van der Waals surface area contributed by atoms with Gasteiger partial charge in [0, 0.05) is 27.1 Å². The molecular weight excluding hydrogens is 329 g/mol. The monoisotopic (exact) mass is 337 g/mol. The Hall–Kier alpha value is -1.32. The van der Waals surface area contributed by atoms with Crippen LogP contribution >= 0.6 is 27.5 Å². The molecule has 0 atom stereocenters. The molecule has 0 spiro atoms. The molecule has 1 nitrogen and oxygen atoms in total. The van der Waals surface area contributed by atoms with E-state index in [1.165, 1.54) is 0 Å². The number of aromatic nitrogens is 1. The highest BCUT2D eigenvalue weighted by molar-refractivity contribution is 9.10. The lowest BCUT2D eigenvalue weighted by Gasteiger charge is -2.08. The van der Waals surface area contributed by atoms with Crippen molar-refractivity contribution in [1.29, 1.82) is 0 Å². The number of rotatable bonds is 2. The maximum atomic E-state index is 13.9. The van der Waals surface area contributed by atoms with Gasteiger partial charge in [-0.05, 0) is 24.3 Å². The van der Waals surface area contributed by atoms with E-state index in [0.29, 0.717) is 12.1 Å². The normalized spacial score (nSPS) is 11.1. The van der Waals surface area contributed by atoms with E-state index in [-0.39, 0.29) is 10.8 Å². The highest BCUT2D eigenvalue weighted by Gasteiger charge is 2.09.